The van der Waals surface area contributed by atoms with Crippen LogP contribution < -0.4 is 11.1 Å². The number of thiophene rings is 1. The molecule has 164 valence electrons. The number of Topliss-reactive ketones (excluding diaryl/α,β-unsaturated/α-hetero) is 1. The second-order valence-corrected chi connectivity index (χ2v) is 11.0. The molecule has 0 radical (unpaired) electrons. The number of rotatable bonds is 10. The number of hydrogen-bond acceptors (Lipinski definition) is 7. The highest BCUT2D eigenvalue weighted by molar-refractivity contribution is 7.15. The lowest BCUT2D eigenvalue weighted by Gasteiger charge is -2.17. The van der Waals surface area contributed by atoms with E-state index < -0.39 is 6.04 Å². The predicted octanol–water partition coefficient (Wildman–Crippen LogP) is 4.58. The topological polar surface area (TPSA) is 98.0 Å². The molecule has 0 aliphatic rings. The van der Waals surface area contributed by atoms with Gasteiger partial charge in [-0.2, -0.15) is 0 Å². The van der Waals surface area contributed by atoms with Crippen molar-refractivity contribution in [3.05, 3.63) is 39.5 Å². The summed E-state index contributed by atoms with van der Waals surface area (Å²) in [5, 5.41) is 14.3. The molecule has 0 bridgehead atoms. The number of anilines is 1. The Kier molecular flexibility index (Phi) is 8.88. The van der Waals surface area contributed by atoms with Gasteiger partial charge in [0.1, 0.15) is 10.8 Å². The van der Waals surface area contributed by atoms with Gasteiger partial charge in [0.2, 0.25) is 11.0 Å². The molecule has 0 spiro atoms. The second kappa shape index (κ2) is 10.9. The maximum atomic E-state index is 12.6. The van der Waals surface area contributed by atoms with Gasteiger partial charge in [0.15, 0.2) is 0 Å². The zero-order valence-corrected chi connectivity index (χ0v) is 20.0. The number of carbonyl (C=O) groups excluding carboxylic acids is 2. The van der Waals surface area contributed by atoms with Crippen molar-refractivity contribution >= 4 is 39.5 Å². The van der Waals surface area contributed by atoms with E-state index in [-0.39, 0.29) is 23.0 Å². The zero-order chi connectivity index (χ0) is 22.3. The minimum Gasteiger partial charge on any atom is -0.321 e. The van der Waals surface area contributed by atoms with E-state index in [2.05, 4.69) is 50.1 Å². The molecule has 0 saturated heterocycles. The molecule has 0 saturated carbocycles. The van der Waals surface area contributed by atoms with Crippen molar-refractivity contribution in [2.45, 2.75) is 65.3 Å². The fourth-order valence-corrected chi connectivity index (χ4v) is 4.52. The van der Waals surface area contributed by atoms with Crippen LogP contribution in [0.4, 0.5) is 5.13 Å². The molecular formula is C22H32N4O2S2. The van der Waals surface area contributed by atoms with Gasteiger partial charge in [-0.1, -0.05) is 58.1 Å². The van der Waals surface area contributed by atoms with Gasteiger partial charge in [-0.3, -0.25) is 14.9 Å². The highest BCUT2D eigenvalue weighted by Crippen LogP contribution is 2.27. The number of ketones is 1. The van der Waals surface area contributed by atoms with Crippen LogP contribution in [0.5, 0.6) is 0 Å². The van der Waals surface area contributed by atoms with Crippen LogP contribution in [0.3, 0.4) is 0 Å². The van der Waals surface area contributed by atoms with Crippen LogP contribution in [0, 0.1) is 11.8 Å². The summed E-state index contributed by atoms with van der Waals surface area (Å²) in [5.41, 5.74) is 6.01. The summed E-state index contributed by atoms with van der Waals surface area (Å²) in [6, 6.07) is 3.44. The molecule has 8 heteroatoms. The van der Waals surface area contributed by atoms with E-state index in [4.69, 9.17) is 5.73 Å². The fraction of sp³-hybridized carbons (Fsp3) is 0.545. The standard InChI is InChI=1S/C22H32N4O2S2/c1-14(2)11-15(12-18(27)17(23)13-16-7-6-10-29-16)8-9-19(28)24-21-26-25-20(30-21)22(3,4)5/h6-10,14-15,17H,11-13,23H2,1-5H3,(H,24,26,28)/b9-8+/t15-,17+/m1/s1. The normalized spacial score (nSPS) is 14.2. The minimum atomic E-state index is -0.516. The van der Waals surface area contributed by atoms with Crippen LogP contribution in [-0.4, -0.2) is 27.9 Å². The van der Waals surface area contributed by atoms with Crippen molar-refractivity contribution in [2.24, 2.45) is 17.6 Å². The predicted molar refractivity (Wildman–Crippen MR) is 125 cm³/mol. The van der Waals surface area contributed by atoms with Gasteiger partial charge in [-0.25, -0.2) is 0 Å². The maximum absolute atomic E-state index is 12.6. The van der Waals surface area contributed by atoms with E-state index in [1.54, 1.807) is 11.3 Å². The molecule has 0 aliphatic carbocycles. The molecule has 30 heavy (non-hydrogen) atoms. The highest BCUT2D eigenvalue weighted by atomic mass is 32.1. The summed E-state index contributed by atoms with van der Waals surface area (Å²) in [7, 11) is 0. The summed E-state index contributed by atoms with van der Waals surface area (Å²) in [4.78, 5) is 26.1. The smallest absolute Gasteiger partial charge is 0.249 e. The Labute approximate surface area is 187 Å². The van der Waals surface area contributed by atoms with E-state index in [0.29, 0.717) is 23.9 Å². The number of hydrogen-bond donors (Lipinski definition) is 2. The van der Waals surface area contributed by atoms with Gasteiger partial charge in [-0.05, 0) is 35.8 Å². The first-order chi connectivity index (χ1) is 14.0. The van der Waals surface area contributed by atoms with Crippen molar-refractivity contribution in [3.8, 4) is 0 Å². The summed E-state index contributed by atoms with van der Waals surface area (Å²) in [6.45, 7) is 10.4. The lowest BCUT2D eigenvalue weighted by atomic mass is 9.89. The summed E-state index contributed by atoms with van der Waals surface area (Å²) < 4.78 is 0. The Balaban J connectivity index is 1.95. The Hall–Kier alpha value is -1.90. The molecule has 0 aliphatic heterocycles. The Morgan fingerprint density at radius 1 is 1.27 bits per heavy atom. The first kappa shape index (κ1) is 24.4. The van der Waals surface area contributed by atoms with Gasteiger partial charge < -0.3 is 5.73 Å². The molecule has 1 amide bonds. The van der Waals surface area contributed by atoms with E-state index in [0.717, 1.165) is 16.3 Å². The molecule has 0 unspecified atom stereocenters. The zero-order valence-electron chi connectivity index (χ0n) is 18.3. The molecular weight excluding hydrogens is 416 g/mol. The number of nitrogens with zero attached hydrogens (tertiary/aromatic N) is 2. The Bertz CT molecular complexity index is 851. The summed E-state index contributed by atoms with van der Waals surface area (Å²) in [5.74, 6) is 0.132. The van der Waals surface area contributed by atoms with Crippen molar-refractivity contribution in [1.29, 1.82) is 0 Å². The molecule has 0 fully saturated rings. The van der Waals surface area contributed by atoms with Crippen LogP contribution >= 0.6 is 22.7 Å². The lowest BCUT2D eigenvalue weighted by molar-refractivity contribution is -0.121. The average molecular weight is 449 g/mol. The molecule has 3 N–H and O–H groups in total. The van der Waals surface area contributed by atoms with Gasteiger partial charge in [-0.15, -0.1) is 21.5 Å². The van der Waals surface area contributed by atoms with Crippen LogP contribution in [0.2, 0.25) is 0 Å². The van der Waals surface area contributed by atoms with Crippen molar-refractivity contribution in [3.63, 3.8) is 0 Å². The summed E-state index contributed by atoms with van der Waals surface area (Å²) in [6.07, 6.45) is 5.01. The molecule has 2 atom stereocenters. The van der Waals surface area contributed by atoms with E-state index in [1.807, 2.05) is 23.6 Å². The lowest BCUT2D eigenvalue weighted by Crippen LogP contribution is -2.33. The molecule has 2 aromatic heterocycles. The molecule has 0 aromatic carbocycles. The second-order valence-electron chi connectivity index (χ2n) is 8.96. The van der Waals surface area contributed by atoms with Gasteiger partial charge in [0.05, 0.1) is 6.04 Å². The number of aromatic nitrogens is 2. The van der Waals surface area contributed by atoms with Gasteiger partial charge in [0, 0.05) is 23.1 Å². The maximum Gasteiger partial charge on any atom is 0.249 e. The van der Waals surface area contributed by atoms with Crippen molar-refractivity contribution < 1.29 is 9.59 Å². The number of carbonyl (C=O) groups is 2. The highest BCUT2D eigenvalue weighted by Gasteiger charge is 2.21. The number of nitrogens with two attached hydrogens (primary N) is 1. The van der Waals surface area contributed by atoms with Crippen LogP contribution in [0.15, 0.2) is 29.7 Å². The number of nitrogens with one attached hydrogen (secondary N) is 1. The molecule has 6 nitrogen and oxygen atoms in total. The number of amides is 1. The van der Waals surface area contributed by atoms with Gasteiger partial charge in [0.25, 0.3) is 0 Å². The van der Waals surface area contributed by atoms with Crippen LogP contribution in [-0.2, 0) is 21.4 Å². The SMILES string of the molecule is CC(C)C[C@@H](/C=C/C(=O)Nc1nnc(C(C)(C)C)s1)CC(=O)[C@@H](N)Cc1cccs1. The quantitative estimate of drug-likeness (QED) is 0.518. The number of allylic oxidation sites excluding steroid dienone is 1. The molecule has 2 aromatic rings. The third kappa shape index (κ3) is 8.08. The summed E-state index contributed by atoms with van der Waals surface area (Å²) >= 11 is 2.98. The largest absolute Gasteiger partial charge is 0.321 e. The molecule has 2 heterocycles. The van der Waals surface area contributed by atoms with Crippen LogP contribution in [0.25, 0.3) is 0 Å². The average Bonchev–Trinajstić information content (AvgIpc) is 3.30. The van der Waals surface area contributed by atoms with Crippen molar-refractivity contribution in [2.75, 3.05) is 5.32 Å². The van der Waals surface area contributed by atoms with E-state index >= 15 is 0 Å². The first-order valence-corrected chi connectivity index (χ1v) is 11.9. The Morgan fingerprint density at radius 3 is 2.57 bits per heavy atom. The third-order valence-corrected chi connectivity index (χ3v) is 6.63. The van der Waals surface area contributed by atoms with E-state index in [1.165, 1.54) is 17.4 Å². The van der Waals surface area contributed by atoms with E-state index in [9.17, 15) is 9.59 Å². The van der Waals surface area contributed by atoms with Crippen molar-refractivity contribution in [1.82, 2.24) is 10.2 Å². The van der Waals surface area contributed by atoms with Crippen LogP contribution in [0.1, 0.15) is 57.3 Å². The first-order valence-electron chi connectivity index (χ1n) is 10.2. The fourth-order valence-electron chi connectivity index (χ4n) is 2.95. The third-order valence-electron chi connectivity index (χ3n) is 4.47. The van der Waals surface area contributed by atoms with Gasteiger partial charge >= 0.3 is 0 Å². The Morgan fingerprint density at radius 2 is 2.00 bits per heavy atom. The minimum absolute atomic E-state index is 0.0260. The molecule has 2 rings (SSSR count). The monoisotopic (exact) mass is 448 g/mol.